The van der Waals surface area contributed by atoms with Gasteiger partial charge < -0.3 is 24.8 Å². The Morgan fingerprint density at radius 1 is 0.800 bits per heavy atom. The highest BCUT2D eigenvalue weighted by Crippen LogP contribution is 2.23. The third-order valence-corrected chi connectivity index (χ3v) is 3.83. The van der Waals surface area contributed by atoms with Crippen LogP contribution in [0.2, 0.25) is 0 Å². The van der Waals surface area contributed by atoms with Crippen LogP contribution < -0.4 is 20.1 Å². The summed E-state index contributed by atoms with van der Waals surface area (Å²) in [5.41, 5.74) is 1.10. The summed E-state index contributed by atoms with van der Waals surface area (Å²) >= 11 is 0. The van der Waals surface area contributed by atoms with Gasteiger partial charge in [-0.15, -0.1) is 0 Å². The summed E-state index contributed by atoms with van der Waals surface area (Å²) in [6.07, 6.45) is -0.188. The molecule has 8 heteroatoms. The van der Waals surface area contributed by atoms with Gasteiger partial charge in [0, 0.05) is 12.1 Å². The fourth-order valence-corrected chi connectivity index (χ4v) is 2.50. The minimum atomic E-state index is -0.634. The molecule has 0 unspecified atom stereocenters. The van der Waals surface area contributed by atoms with Gasteiger partial charge in [0.15, 0.2) is 6.61 Å². The van der Waals surface area contributed by atoms with E-state index in [0.29, 0.717) is 36.1 Å². The number of hydrogen-bond acceptors (Lipinski definition) is 6. The molecule has 0 aliphatic heterocycles. The van der Waals surface area contributed by atoms with Crippen molar-refractivity contribution in [2.24, 2.45) is 0 Å². The molecule has 0 atom stereocenters. The van der Waals surface area contributed by atoms with Crippen molar-refractivity contribution in [3.8, 4) is 11.5 Å². The first-order valence-electron chi connectivity index (χ1n) is 9.71. The van der Waals surface area contributed by atoms with Gasteiger partial charge in [0.05, 0.1) is 25.3 Å². The molecule has 0 heterocycles. The molecule has 0 aliphatic rings. The summed E-state index contributed by atoms with van der Waals surface area (Å²) in [5, 5.41) is 5.32. The molecule has 2 rings (SSSR count). The second-order valence-electron chi connectivity index (χ2n) is 6.14. The molecule has 0 radical (unpaired) electrons. The Morgan fingerprint density at radius 2 is 1.50 bits per heavy atom. The number of anilines is 2. The molecule has 0 aromatic heterocycles. The van der Waals surface area contributed by atoms with Crippen molar-refractivity contribution in [2.75, 3.05) is 30.5 Å². The predicted molar refractivity (Wildman–Crippen MR) is 113 cm³/mol. The normalized spacial score (nSPS) is 10.1. The highest BCUT2D eigenvalue weighted by atomic mass is 16.5. The number of hydrogen-bond donors (Lipinski definition) is 2. The van der Waals surface area contributed by atoms with Crippen LogP contribution >= 0.6 is 0 Å². The molecule has 0 saturated heterocycles. The van der Waals surface area contributed by atoms with Crippen LogP contribution in [-0.2, 0) is 19.1 Å². The number of esters is 1. The number of benzene rings is 2. The quantitative estimate of drug-likeness (QED) is 0.547. The van der Waals surface area contributed by atoms with Gasteiger partial charge in [-0.25, -0.2) is 0 Å². The molecule has 0 bridgehead atoms. The highest BCUT2D eigenvalue weighted by Gasteiger charge is 2.12. The summed E-state index contributed by atoms with van der Waals surface area (Å²) in [5.74, 6) is -0.211. The third kappa shape index (κ3) is 7.83. The van der Waals surface area contributed by atoms with Crippen LogP contribution in [0.3, 0.4) is 0 Å². The standard InChI is InChI=1S/C22H26N2O6/c1-3-28-17-11-9-16(10-12-17)23-20(25)13-14-22(27)30-15-21(26)24-18-7-5-6-8-19(18)29-4-2/h5-12H,3-4,13-15H2,1-2H3,(H,23,25)(H,24,26). The molecule has 0 spiro atoms. The highest BCUT2D eigenvalue weighted by molar-refractivity contribution is 5.95. The first-order chi connectivity index (χ1) is 14.5. The number of carbonyl (C=O) groups is 3. The molecular weight excluding hydrogens is 388 g/mol. The van der Waals surface area contributed by atoms with Gasteiger partial charge in [-0.3, -0.25) is 14.4 Å². The number of amides is 2. The van der Waals surface area contributed by atoms with Crippen molar-refractivity contribution in [2.45, 2.75) is 26.7 Å². The number of para-hydroxylation sites is 2. The van der Waals surface area contributed by atoms with Crippen LogP contribution in [0.4, 0.5) is 11.4 Å². The molecule has 0 fully saturated rings. The molecule has 2 aromatic rings. The minimum absolute atomic E-state index is 0.0547. The molecule has 160 valence electrons. The van der Waals surface area contributed by atoms with E-state index in [1.54, 1.807) is 48.5 Å². The lowest BCUT2D eigenvalue weighted by Crippen LogP contribution is -2.22. The predicted octanol–water partition coefficient (Wildman–Crippen LogP) is 3.38. The zero-order chi connectivity index (χ0) is 21.8. The number of rotatable bonds is 11. The van der Waals surface area contributed by atoms with E-state index in [4.69, 9.17) is 14.2 Å². The Morgan fingerprint density at radius 3 is 2.20 bits per heavy atom. The van der Waals surface area contributed by atoms with Gasteiger partial charge in [-0.2, -0.15) is 0 Å². The smallest absolute Gasteiger partial charge is 0.306 e. The fourth-order valence-electron chi connectivity index (χ4n) is 2.50. The second-order valence-corrected chi connectivity index (χ2v) is 6.14. The van der Waals surface area contributed by atoms with Gasteiger partial charge in [0.2, 0.25) is 5.91 Å². The molecule has 0 aliphatic carbocycles. The van der Waals surface area contributed by atoms with E-state index in [-0.39, 0.29) is 18.7 Å². The molecule has 0 saturated carbocycles. The molecule has 8 nitrogen and oxygen atoms in total. The average molecular weight is 414 g/mol. The lowest BCUT2D eigenvalue weighted by atomic mass is 10.2. The number of carbonyl (C=O) groups excluding carboxylic acids is 3. The number of nitrogens with one attached hydrogen (secondary N) is 2. The first-order valence-corrected chi connectivity index (χ1v) is 9.71. The Bertz CT molecular complexity index is 851. The van der Waals surface area contributed by atoms with Crippen LogP contribution in [0.1, 0.15) is 26.7 Å². The Hall–Kier alpha value is -3.55. The van der Waals surface area contributed by atoms with Gasteiger partial charge >= 0.3 is 5.97 Å². The van der Waals surface area contributed by atoms with E-state index in [2.05, 4.69) is 10.6 Å². The maximum absolute atomic E-state index is 12.0. The van der Waals surface area contributed by atoms with E-state index >= 15 is 0 Å². The van der Waals surface area contributed by atoms with Crippen molar-refractivity contribution < 1.29 is 28.6 Å². The molecule has 2 N–H and O–H groups in total. The number of ether oxygens (including phenoxy) is 3. The Kier molecular flexibility index (Phi) is 9.18. The van der Waals surface area contributed by atoms with Crippen molar-refractivity contribution in [1.82, 2.24) is 0 Å². The summed E-state index contributed by atoms with van der Waals surface area (Å²) in [6.45, 7) is 4.30. The van der Waals surface area contributed by atoms with Crippen molar-refractivity contribution >= 4 is 29.2 Å². The van der Waals surface area contributed by atoms with E-state index < -0.39 is 18.5 Å². The van der Waals surface area contributed by atoms with Crippen molar-refractivity contribution in [1.29, 1.82) is 0 Å². The van der Waals surface area contributed by atoms with E-state index in [1.165, 1.54) is 0 Å². The lowest BCUT2D eigenvalue weighted by Gasteiger charge is -2.11. The van der Waals surface area contributed by atoms with Crippen LogP contribution in [-0.4, -0.2) is 37.6 Å². The van der Waals surface area contributed by atoms with Gasteiger partial charge in [-0.1, -0.05) is 12.1 Å². The maximum Gasteiger partial charge on any atom is 0.306 e. The van der Waals surface area contributed by atoms with E-state index in [0.717, 1.165) is 0 Å². The fraction of sp³-hybridized carbons (Fsp3) is 0.318. The molecular formula is C22H26N2O6. The van der Waals surface area contributed by atoms with Crippen LogP contribution in [0.25, 0.3) is 0 Å². The van der Waals surface area contributed by atoms with Crippen LogP contribution in [0, 0.1) is 0 Å². The maximum atomic E-state index is 12.0. The second kappa shape index (κ2) is 12.1. The van der Waals surface area contributed by atoms with Crippen LogP contribution in [0.5, 0.6) is 11.5 Å². The monoisotopic (exact) mass is 414 g/mol. The Balaban J connectivity index is 1.70. The van der Waals surface area contributed by atoms with Crippen molar-refractivity contribution in [3.05, 3.63) is 48.5 Å². The van der Waals surface area contributed by atoms with E-state index in [9.17, 15) is 14.4 Å². The Labute approximate surface area is 175 Å². The van der Waals surface area contributed by atoms with Gasteiger partial charge in [0.1, 0.15) is 11.5 Å². The largest absolute Gasteiger partial charge is 0.494 e. The molecule has 2 aromatic carbocycles. The summed E-state index contributed by atoms with van der Waals surface area (Å²) in [4.78, 5) is 35.8. The SMILES string of the molecule is CCOc1ccc(NC(=O)CCC(=O)OCC(=O)Nc2ccccc2OCC)cc1. The van der Waals surface area contributed by atoms with Crippen LogP contribution in [0.15, 0.2) is 48.5 Å². The topological polar surface area (TPSA) is 103 Å². The molecule has 2 amide bonds. The summed E-state index contributed by atoms with van der Waals surface area (Å²) < 4.78 is 15.7. The zero-order valence-corrected chi connectivity index (χ0v) is 17.1. The lowest BCUT2D eigenvalue weighted by molar-refractivity contribution is -0.147. The zero-order valence-electron chi connectivity index (χ0n) is 17.1. The average Bonchev–Trinajstić information content (AvgIpc) is 2.74. The first kappa shape index (κ1) is 22.7. The molecule has 30 heavy (non-hydrogen) atoms. The van der Waals surface area contributed by atoms with Crippen molar-refractivity contribution in [3.63, 3.8) is 0 Å². The summed E-state index contributed by atoms with van der Waals surface area (Å²) in [7, 11) is 0. The van der Waals surface area contributed by atoms with Gasteiger partial charge in [0.25, 0.3) is 5.91 Å². The minimum Gasteiger partial charge on any atom is -0.494 e. The third-order valence-electron chi connectivity index (χ3n) is 3.83. The summed E-state index contributed by atoms with van der Waals surface area (Å²) in [6, 6.07) is 13.9. The van der Waals surface area contributed by atoms with E-state index in [1.807, 2.05) is 13.8 Å². The van der Waals surface area contributed by atoms with Gasteiger partial charge in [-0.05, 0) is 50.2 Å².